The Balaban J connectivity index is 2.34. The number of piperazine rings is 1. The van der Waals surface area contributed by atoms with Crippen molar-refractivity contribution in [3.63, 3.8) is 0 Å². The van der Waals surface area contributed by atoms with Crippen LogP contribution in [-0.4, -0.2) is 58.3 Å². The van der Waals surface area contributed by atoms with E-state index in [0.29, 0.717) is 13.1 Å². The second-order valence-electron chi connectivity index (χ2n) is 3.10. The lowest BCUT2D eigenvalue weighted by Crippen LogP contribution is -2.47. The van der Waals surface area contributed by atoms with E-state index in [1.54, 1.807) is 4.90 Å². The maximum atomic E-state index is 11.4. The van der Waals surface area contributed by atoms with Gasteiger partial charge in [-0.05, 0) is 0 Å². The smallest absolute Gasteiger partial charge is 0.264 e. The molecule has 1 heterocycles. The van der Waals surface area contributed by atoms with Gasteiger partial charge in [0, 0.05) is 26.2 Å². The molecule has 1 saturated heterocycles. The first-order chi connectivity index (χ1) is 6.49. The Kier molecular flexibility index (Phi) is 3.85. The summed E-state index contributed by atoms with van der Waals surface area (Å²) < 4.78 is 25.6. The van der Waals surface area contributed by atoms with Crippen molar-refractivity contribution >= 4 is 16.0 Å². The predicted octanol–water partition coefficient (Wildman–Crippen LogP) is -1.61. The Labute approximate surface area is 83.3 Å². The summed E-state index contributed by atoms with van der Waals surface area (Å²) in [5, 5.41) is 3.09. The Morgan fingerprint density at radius 3 is 2.50 bits per heavy atom. The predicted molar refractivity (Wildman–Crippen MR) is 50.2 cm³/mol. The van der Waals surface area contributed by atoms with Crippen LogP contribution < -0.4 is 5.32 Å². The highest BCUT2D eigenvalue weighted by Gasteiger charge is 2.17. The van der Waals surface area contributed by atoms with Gasteiger partial charge in [-0.3, -0.25) is 8.98 Å². The topological polar surface area (TPSA) is 75.7 Å². The van der Waals surface area contributed by atoms with Crippen molar-refractivity contribution in [2.24, 2.45) is 0 Å². The third-order valence-electron chi connectivity index (χ3n) is 1.87. The lowest BCUT2D eigenvalue weighted by Gasteiger charge is -2.27. The maximum absolute atomic E-state index is 11.4. The van der Waals surface area contributed by atoms with E-state index in [0.717, 1.165) is 19.3 Å². The van der Waals surface area contributed by atoms with Crippen molar-refractivity contribution in [3.8, 4) is 0 Å². The van der Waals surface area contributed by atoms with Crippen LogP contribution in [0.25, 0.3) is 0 Å². The molecule has 0 aromatic carbocycles. The number of carbonyl (C=O) groups is 1. The lowest BCUT2D eigenvalue weighted by atomic mass is 10.3. The molecule has 1 rings (SSSR count). The van der Waals surface area contributed by atoms with E-state index in [4.69, 9.17) is 0 Å². The molecular formula is C7H14N2O4S. The SMILES string of the molecule is CS(=O)(=O)OCC(=O)N1CCNCC1. The van der Waals surface area contributed by atoms with Gasteiger partial charge in [-0.25, -0.2) is 0 Å². The fraction of sp³-hybridized carbons (Fsp3) is 0.857. The lowest BCUT2D eigenvalue weighted by molar-refractivity contribution is -0.133. The van der Waals surface area contributed by atoms with Crippen molar-refractivity contribution < 1.29 is 17.4 Å². The zero-order chi connectivity index (χ0) is 10.6. The van der Waals surface area contributed by atoms with E-state index in [1.807, 2.05) is 0 Å². The zero-order valence-corrected chi connectivity index (χ0v) is 8.84. The van der Waals surface area contributed by atoms with Crippen LogP contribution in [0.3, 0.4) is 0 Å². The summed E-state index contributed by atoms with van der Waals surface area (Å²) in [6, 6.07) is 0. The van der Waals surface area contributed by atoms with Crippen molar-refractivity contribution in [1.82, 2.24) is 10.2 Å². The van der Waals surface area contributed by atoms with Gasteiger partial charge < -0.3 is 10.2 Å². The van der Waals surface area contributed by atoms with Crippen LogP contribution >= 0.6 is 0 Å². The minimum Gasteiger partial charge on any atom is -0.338 e. The fourth-order valence-corrected chi connectivity index (χ4v) is 1.48. The van der Waals surface area contributed by atoms with E-state index >= 15 is 0 Å². The molecule has 1 fully saturated rings. The number of nitrogens with one attached hydrogen (secondary N) is 1. The molecular weight excluding hydrogens is 208 g/mol. The summed E-state index contributed by atoms with van der Waals surface area (Å²) >= 11 is 0. The van der Waals surface area contributed by atoms with E-state index in [-0.39, 0.29) is 5.91 Å². The highest BCUT2D eigenvalue weighted by Crippen LogP contribution is 1.95. The summed E-state index contributed by atoms with van der Waals surface area (Å²) in [6.07, 6.45) is 0.929. The molecule has 14 heavy (non-hydrogen) atoms. The zero-order valence-electron chi connectivity index (χ0n) is 8.02. The normalized spacial score (nSPS) is 18.2. The van der Waals surface area contributed by atoms with Crippen molar-refractivity contribution in [2.45, 2.75) is 0 Å². The van der Waals surface area contributed by atoms with E-state index < -0.39 is 16.7 Å². The third kappa shape index (κ3) is 4.03. The Morgan fingerprint density at radius 2 is 2.00 bits per heavy atom. The van der Waals surface area contributed by atoms with E-state index in [9.17, 15) is 13.2 Å². The van der Waals surface area contributed by atoms with Gasteiger partial charge in [0.05, 0.1) is 6.26 Å². The number of rotatable bonds is 3. The van der Waals surface area contributed by atoms with Crippen LogP contribution in [0, 0.1) is 0 Å². The second-order valence-corrected chi connectivity index (χ2v) is 4.74. The molecule has 1 N–H and O–H groups in total. The van der Waals surface area contributed by atoms with Gasteiger partial charge in [-0.1, -0.05) is 0 Å². The average Bonchev–Trinajstić information content (AvgIpc) is 2.14. The van der Waals surface area contributed by atoms with Crippen molar-refractivity contribution in [3.05, 3.63) is 0 Å². The van der Waals surface area contributed by atoms with Crippen LogP contribution in [0.4, 0.5) is 0 Å². The molecule has 82 valence electrons. The summed E-state index contributed by atoms with van der Waals surface area (Å²) in [6.45, 7) is 2.30. The molecule has 1 aliphatic rings. The van der Waals surface area contributed by atoms with E-state index in [2.05, 4.69) is 9.50 Å². The van der Waals surface area contributed by atoms with Gasteiger partial charge in [0.1, 0.15) is 6.61 Å². The average molecular weight is 222 g/mol. The van der Waals surface area contributed by atoms with Crippen LogP contribution in [0.5, 0.6) is 0 Å². The molecule has 1 amide bonds. The minimum atomic E-state index is -3.52. The Hall–Kier alpha value is -0.660. The van der Waals surface area contributed by atoms with Gasteiger partial charge in [-0.15, -0.1) is 0 Å². The van der Waals surface area contributed by atoms with Gasteiger partial charge in [-0.2, -0.15) is 8.42 Å². The number of hydrogen-bond donors (Lipinski definition) is 1. The molecule has 0 radical (unpaired) electrons. The van der Waals surface area contributed by atoms with Crippen LogP contribution in [0.1, 0.15) is 0 Å². The number of nitrogens with zero attached hydrogens (tertiary/aromatic N) is 1. The first-order valence-electron chi connectivity index (χ1n) is 4.32. The highest BCUT2D eigenvalue weighted by molar-refractivity contribution is 7.86. The number of carbonyl (C=O) groups excluding carboxylic acids is 1. The second kappa shape index (κ2) is 4.72. The van der Waals surface area contributed by atoms with Gasteiger partial charge in [0.25, 0.3) is 10.1 Å². The third-order valence-corrected chi connectivity index (χ3v) is 2.41. The van der Waals surface area contributed by atoms with Crippen molar-refractivity contribution in [1.29, 1.82) is 0 Å². The largest absolute Gasteiger partial charge is 0.338 e. The minimum absolute atomic E-state index is 0.281. The first kappa shape index (κ1) is 11.4. The summed E-state index contributed by atoms with van der Waals surface area (Å²) in [5.41, 5.74) is 0. The Bertz CT molecular complexity index is 295. The molecule has 0 unspecified atom stereocenters. The molecule has 0 spiro atoms. The van der Waals surface area contributed by atoms with Crippen molar-refractivity contribution in [2.75, 3.05) is 39.0 Å². The summed E-state index contributed by atoms with van der Waals surface area (Å²) in [7, 11) is -3.52. The Morgan fingerprint density at radius 1 is 1.43 bits per heavy atom. The summed E-state index contributed by atoms with van der Waals surface area (Å²) in [4.78, 5) is 12.9. The molecule has 0 aliphatic carbocycles. The fourth-order valence-electron chi connectivity index (χ4n) is 1.16. The standard InChI is InChI=1S/C7H14N2O4S/c1-14(11,12)13-6-7(10)9-4-2-8-3-5-9/h8H,2-6H2,1H3. The number of amides is 1. The van der Waals surface area contributed by atoms with E-state index in [1.165, 1.54) is 0 Å². The monoisotopic (exact) mass is 222 g/mol. The molecule has 0 atom stereocenters. The molecule has 1 aliphatic heterocycles. The van der Waals surface area contributed by atoms with Crippen LogP contribution in [0.15, 0.2) is 0 Å². The summed E-state index contributed by atoms with van der Waals surface area (Å²) in [5.74, 6) is -0.281. The molecule has 0 aromatic heterocycles. The molecule has 0 bridgehead atoms. The molecule has 0 saturated carbocycles. The quantitative estimate of drug-likeness (QED) is 0.582. The molecule has 0 aromatic rings. The molecule has 6 nitrogen and oxygen atoms in total. The van der Waals surface area contributed by atoms with Crippen LogP contribution in [-0.2, 0) is 19.1 Å². The number of hydrogen-bond acceptors (Lipinski definition) is 5. The van der Waals surface area contributed by atoms with Gasteiger partial charge in [0.15, 0.2) is 0 Å². The van der Waals surface area contributed by atoms with Gasteiger partial charge >= 0.3 is 0 Å². The van der Waals surface area contributed by atoms with Gasteiger partial charge in [0.2, 0.25) is 5.91 Å². The highest BCUT2D eigenvalue weighted by atomic mass is 32.2. The maximum Gasteiger partial charge on any atom is 0.264 e. The molecule has 7 heteroatoms. The first-order valence-corrected chi connectivity index (χ1v) is 6.13. The van der Waals surface area contributed by atoms with Crippen LogP contribution in [0.2, 0.25) is 0 Å².